The van der Waals surface area contributed by atoms with Crippen LogP contribution in [-0.2, 0) is 0 Å². The van der Waals surface area contributed by atoms with E-state index in [1.807, 2.05) is 0 Å². The maximum absolute atomic E-state index is 9.72. The van der Waals surface area contributed by atoms with Crippen molar-refractivity contribution in [1.82, 2.24) is 4.90 Å². The number of benzene rings is 1. The van der Waals surface area contributed by atoms with Gasteiger partial charge in [0.2, 0.25) is 0 Å². The zero-order valence-electron chi connectivity index (χ0n) is 11.5. The second-order valence-electron chi connectivity index (χ2n) is 4.83. The number of aliphatic imine (C=N–C) groups is 1. The van der Waals surface area contributed by atoms with Crippen LogP contribution in [0.2, 0.25) is 0 Å². The molecule has 0 bridgehead atoms. The molecule has 4 rings (SSSR count). The van der Waals surface area contributed by atoms with Crippen molar-refractivity contribution in [3.05, 3.63) is 34.0 Å². The van der Waals surface area contributed by atoms with Gasteiger partial charge in [-0.2, -0.15) is 0 Å². The molecule has 2 aliphatic heterocycles. The summed E-state index contributed by atoms with van der Waals surface area (Å²) < 4.78 is 1.30. The molecule has 6 heteroatoms. The van der Waals surface area contributed by atoms with Crippen molar-refractivity contribution in [2.75, 3.05) is 26.0 Å². The maximum atomic E-state index is 9.72. The van der Waals surface area contributed by atoms with Crippen LogP contribution in [-0.4, -0.2) is 41.1 Å². The molecule has 0 amide bonds. The molecule has 0 unspecified atom stereocenters. The molecule has 3 nitrogen and oxygen atoms in total. The predicted octanol–water partition coefficient (Wildman–Crippen LogP) is 3.70. The van der Waals surface area contributed by atoms with Crippen molar-refractivity contribution in [2.24, 2.45) is 4.99 Å². The largest absolute Gasteiger partial charge is 0.391 e. The summed E-state index contributed by atoms with van der Waals surface area (Å²) in [6.07, 6.45) is 2.11. The summed E-state index contributed by atoms with van der Waals surface area (Å²) in [4.78, 5) is 9.10. The summed E-state index contributed by atoms with van der Waals surface area (Å²) in [7, 11) is 0. The molecular formula is C15H14N2OS3. The Labute approximate surface area is 135 Å². The van der Waals surface area contributed by atoms with Gasteiger partial charge < -0.3 is 10.0 Å². The molecule has 0 atom stereocenters. The van der Waals surface area contributed by atoms with E-state index in [0.717, 1.165) is 28.9 Å². The molecule has 108 valence electrons. The van der Waals surface area contributed by atoms with Gasteiger partial charge in [0, 0.05) is 32.0 Å². The number of aliphatic hydroxyl groups is 1. The Morgan fingerprint density at radius 3 is 3.10 bits per heavy atom. The van der Waals surface area contributed by atoms with Gasteiger partial charge in [0.25, 0.3) is 0 Å². The van der Waals surface area contributed by atoms with Crippen LogP contribution in [0.15, 0.2) is 38.4 Å². The number of hydrogen-bond acceptors (Lipinski definition) is 6. The first-order valence-electron chi connectivity index (χ1n) is 6.72. The average molecular weight is 334 g/mol. The summed E-state index contributed by atoms with van der Waals surface area (Å²) in [5, 5.41) is 14.2. The van der Waals surface area contributed by atoms with E-state index in [1.165, 1.54) is 20.5 Å². The monoisotopic (exact) mass is 334 g/mol. The predicted molar refractivity (Wildman–Crippen MR) is 94.2 cm³/mol. The summed E-state index contributed by atoms with van der Waals surface area (Å²) in [5.74, 6) is 0. The Morgan fingerprint density at radius 2 is 2.29 bits per heavy atom. The molecular weight excluding hydrogens is 320 g/mol. The summed E-state index contributed by atoms with van der Waals surface area (Å²) in [6, 6.07) is 6.57. The molecule has 2 aliphatic rings. The number of amidine groups is 1. The van der Waals surface area contributed by atoms with E-state index in [4.69, 9.17) is 0 Å². The normalized spacial score (nSPS) is 17.8. The molecule has 21 heavy (non-hydrogen) atoms. The third kappa shape index (κ3) is 2.04. The van der Waals surface area contributed by atoms with Gasteiger partial charge in [0.05, 0.1) is 18.8 Å². The fourth-order valence-corrected chi connectivity index (χ4v) is 5.48. The maximum Gasteiger partial charge on any atom is 0.168 e. The molecule has 0 aliphatic carbocycles. The highest BCUT2D eigenvalue weighted by Gasteiger charge is 2.33. The third-order valence-electron chi connectivity index (χ3n) is 3.75. The van der Waals surface area contributed by atoms with E-state index in [-0.39, 0.29) is 6.61 Å². The number of nitrogens with zero attached hydrogens (tertiary/aromatic N) is 2. The lowest BCUT2D eigenvalue weighted by atomic mass is 10.1. The first-order valence-corrected chi connectivity index (χ1v) is 9.64. The molecule has 0 saturated heterocycles. The Morgan fingerprint density at radius 1 is 1.38 bits per heavy atom. The van der Waals surface area contributed by atoms with Crippen molar-refractivity contribution in [2.45, 2.75) is 4.90 Å². The van der Waals surface area contributed by atoms with Gasteiger partial charge in [-0.05, 0) is 23.8 Å². The summed E-state index contributed by atoms with van der Waals surface area (Å²) in [6.45, 7) is 1.84. The van der Waals surface area contributed by atoms with E-state index in [2.05, 4.69) is 39.7 Å². The molecule has 3 heterocycles. The second kappa shape index (κ2) is 5.35. The van der Waals surface area contributed by atoms with Gasteiger partial charge in [-0.15, -0.1) is 23.1 Å². The average Bonchev–Trinajstić information content (AvgIpc) is 3.20. The Kier molecular flexibility index (Phi) is 3.49. The Hall–Kier alpha value is -0.950. The van der Waals surface area contributed by atoms with Gasteiger partial charge in [-0.25, -0.2) is 0 Å². The Bertz CT molecular complexity index is 778. The highest BCUT2D eigenvalue weighted by molar-refractivity contribution is 8.17. The summed E-state index contributed by atoms with van der Waals surface area (Å²) >= 11 is 5.16. The van der Waals surface area contributed by atoms with Gasteiger partial charge in [-0.1, -0.05) is 17.8 Å². The van der Waals surface area contributed by atoms with Crippen LogP contribution < -0.4 is 0 Å². The highest BCUT2D eigenvalue weighted by atomic mass is 32.2. The van der Waals surface area contributed by atoms with Gasteiger partial charge in [0.15, 0.2) is 5.17 Å². The van der Waals surface area contributed by atoms with Crippen molar-refractivity contribution in [1.29, 1.82) is 0 Å². The number of thiophene rings is 1. The zero-order chi connectivity index (χ0) is 14.4. The van der Waals surface area contributed by atoms with Gasteiger partial charge in [-0.3, -0.25) is 4.99 Å². The fraction of sp³-hybridized carbons (Fsp3) is 0.267. The minimum atomic E-state index is 0.0761. The minimum Gasteiger partial charge on any atom is -0.391 e. The molecule has 0 fully saturated rings. The molecule has 1 N–H and O–H groups in total. The van der Waals surface area contributed by atoms with Crippen LogP contribution in [0.25, 0.3) is 15.8 Å². The molecule has 0 radical (unpaired) electrons. The van der Waals surface area contributed by atoms with Crippen molar-refractivity contribution >= 4 is 55.8 Å². The lowest BCUT2D eigenvalue weighted by Gasteiger charge is -2.18. The van der Waals surface area contributed by atoms with Gasteiger partial charge >= 0.3 is 0 Å². The quantitative estimate of drug-likeness (QED) is 0.868. The third-order valence-corrected chi connectivity index (χ3v) is 6.59. The number of fused-ring (bicyclic) bond motifs is 2. The SMILES string of the molecule is CSc1ccc(C2=C(CO)SC3=NCCN32)c2sccc12. The van der Waals surface area contributed by atoms with Crippen molar-refractivity contribution in [3.63, 3.8) is 0 Å². The van der Waals surface area contributed by atoms with Crippen LogP contribution in [0, 0.1) is 0 Å². The van der Waals surface area contributed by atoms with Gasteiger partial charge in [0.1, 0.15) is 0 Å². The number of rotatable bonds is 3. The summed E-state index contributed by atoms with van der Waals surface area (Å²) in [5.41, 5.74) is 2.38. The highest BCUT2D eigenvalue weighted by Crippen LogP contribution is 2.45. The fourth-order valence-electron chi connectivity index (χ4n) is 2.83. The lowest BCUT2D eigenvalue weighted by molar-refractivity contribution is 0.339. The molecule has 2 aromatic rings. The first-order chi connectivity index (χ1) is 10.3. The van der Waals surface area contributed by atoms with Crippen molar-refractivity contribution in [3.8, 4) is 0 Å². The van der Waals surface area contributed by atoms with Crippen LogP contribution >= 0.6 is 34.9 Å². The first kappa shape index (κ1) is 13.7. The van der Waals surface area contributed by atoms with E-state index in [0.29, 0.717) is 0 Å². The van der Waals surface area contributed by atoms with Crippen LogP contribution in [0.4, 0.5) is 0 Å². The van der Waals surface area contributed by atoms with Crippen molar-refractivity contribution < 1.29 is 5.11 Å². The van der Waals surface area contributed by atoms with Crippen LogP contribution in [0.5, 0.6) is 0 Å². The molecule has 0 saturated carbocycles. The molecule has 1 aromatic heterocycles. The zero-order valence-corrected chi connectivity index (χ0v) is 13.9. The van der Waals surface area contributed by atoms with E-state index < -0.39 is 0 Å². The Balaban J connectivity index is 1.93. The number of thioether (sulfide) groups is 2. The molecule has 0 spiro atoms. The number of hydrogen-bond donors (Lipinski definition) is 1. The van der Waals surface area contributed by atoms with Crippen LogP contribution in [0.3, 0.4) is 0 Å². The number of aliphatic hydroxyl groups excluding tert-OH is 1. The standard InChI is InChI=1S/C15H14N2OS3/c1-19-11-3-2-10(14-9(11)4-7-20-14)13-12(8-18)21-15-16-5-6-17(13)15/h2-4,7,18H,5-6,8H2,1H3. The topological polar surface area (TPSA) is 35.8 Å². The van der Waals surface area contributed by atoms with Crippen LogP contribution in [0.1, 0.15) is 5.56 Å². The smallest absolute Gasteiger partial charge is 0.168 e. The minimum absolute atomic E-state index is 0.0761. The van der Waals surface area contributed by atoms with E-state index in [9.17, 15) is 5.11 Å². The molecule has 1 aromatic carbocycles. The van der Waals surface area contributed by atoms with E-state index >= 15 is 0 Å². The van der Waals surface area contributed by atoms with E-state index in [1.54, 1.807) is 34.9 Å². The lowest BCUT2D eigenvalue weighted by Crippen LogP contribution is -2.20. The second-order valence-corrected chi connectivity index (χ2v) is 7.65.